The van der Waals surface area contributed by atoms with Gasteiger partial charge in [-0.05, 0) is 18.4 Å². The largest absolute Gasteiger partial charge is 0.493 e. The van der Waals surface area contributed by atoms with Crippen molar-refractivity contribution in [3.8, 4) is 11.5 Å². The Kier molecular flexibility index (Phi) is 8.28. The summed E-state index contributed by atoms with van der Waals surface area (Å²) >= 11 is 0. The summed E-state index contributed by atoms with van der Waals surface area (Å²) in [6.07, 6.45) is 1.56. The lowest BCUT2D eigenvalue weighted by atomic mass is 10.1. The van der Waals surface area contributed by atoms with Gasteiger partial charge >= 0.3 is 0 Å². The minimum absolute atomic E-state index is 0.277. The van der Waals surface area contributed by atoms with Crippen LogP contribution >= 0.6 is 0 Å². The first kappa shape index (κ1) is 18.8. The minimum Gasteiger partial charge on any atom is -0.493 e. The van der Waals surface area contributed by atoms with Gasteiger partial charge in [-0.25, -0.2) is 0 Å². The van der Waals surface area contributed by atoms with E-state index in [0.717, 1.165) is 43.0 Å². The van der Waals surface area contributed by atoms with Crippen molar-refractivity contribution in [2.45, 2.75) is 46.3 Å². The number of aliphatic hydroxyl groups excluding tert-OH is 1. The zero-order chi connectivity index (χ0) is 16.5. The second-order valence-electron chi connectivity index (χ2n) is 6.18. The molecule has 4 heteroatoms. The highest BCUT2D eigenvalue weighted by Gasteiger charge is 2.17. The first-order valence-electron chi connectivity index (χ1n) is 8.12. The molecule has 0 amide bonds. The normalized spacial score (nSPS) is 12.7. The van der Waals surface area contributed by atoms with Crippen LogP contribution < -0.4 is 9.47 Å². The van der Waals surface area contributed by atoms with Crippen molar-refractivity contribution in [1.82, 2.24) is 4.90 Å². The zero-order valence-electron chi connectivity index (χ0n) is 14.6. The average molecular weight is 309 g/mol. The summed E-state index contributed by atoms with van der Waals surface area (Å²) in [6, 6.07) is 5.94. The van der Waals surface area contributed by atoms with Crippen molar-refractivity contribution in [2.75, 3.05) is 27.3 Å². The summed E-state index contributed by atoms with van der Waals surface area (Å²) in [4.78, 5) is 2.29. The fourth-order valence-corrected chi connectivity index (χ4v) is 2.76. The van der Waals surface area contributed by atoms with E-state index in [-0.39, 0.29) is 6.10 Å². The molecule has 0 aliphatic rings. The van der Waals surface area contributed by atoms with Crippen molar-refractivity contribution >= 4 is 0 Å². The number of hydrogen-bond donors (Lipinski definition) is 1. The smallest absolute Gasteiger partial charge is 0.165 e. The first-order valence-corrected chi connectivity index (χ1v) is 8.12. The van der Waals surface area contributed by atoms with Gasteiger partial charge in [0.1, 0.15) is 0 Å². The summed E-state index contributed by atoms with van der Waals surface area (Å²) in [7, 11) is 3.32. The van der Waals surface area contributed by atoms with E-state index < -0.39 is 0 Å². The summed E-state index contributed by atoms with van der Waals surface area (Å²) in [5, 5.41) is 10.1. The maximum atomic E-state index is 10.1. The molecule has 22 heavy (non-hydrogen) atoms. The molecule has 0 heterocycles. The quantitative estimate of drug-likeness (QED) is 0.720. The second-order valence-corrected chi connectivity index (χ2v) is 6.18. The molecule has 126 valence electrons. The molecule has 0 saturated heterocycles. The third-order valence-corrected chi connectivity index (χ3v) is 3.59. The molecule has 0 aromatic heterocycles. The fraction of sp³-hybridized carbons (Fsp3) is 0.667. The second kappa shape index (κ2) is 9.70. The van der Waals surface area contributed by atoms with Gasteiger partial charge in [-0.3, -0.25) is 4.90 Å². The van der Waals surface area contributed by atoms with E-state index in [9.17, 15) is 5.11 Å². The number of aliphatic hydroxyl groups is 1. The van der Waals surface area contributed by atoms with Crippen LogP contribution in [0.25, 0.3) is 0 Å². The first-order chi connectivity index (χ1) is 10.5. The Hall–Kier alpha value is -1.26. The molecule has 0 fully saturated rings. The lowest BCUT2D eigenvalue weighted by Gasteiger charge is -2.27. The lowest BCUT2D eigenvalue weighted by molar-refractivity contribution is 0.0939. The van der Waals surface area contributed by atoms with Crippen LogP contribution in [0.3, 0.4) is 0 Å². The van der Waals surface area contributed by atoms with Crippen molar-refractivity contribution in [1.29, 1.82) is 0 Å². The van der Waals surface area contributed by atoms with E-state index in [1.54, 1.807) is 14.2 Å². The molecule has 0 aliphatic heterocycles. The standard InChI is InChI=1S/C18H31NO3/c1-6-8-16(20)13-19(11-14(2)3)12-15-9-7-10-17(21-4)18(15)22-5/h7,9-10,14,16,20H,6,8,11-13H2,1-5H3/t16-/m0/s1. The molecule has 0 bridgehead atoms. The van der Waals surface area contributed by atoms with Gasteiger partial charge in [0.05, 0.1) is 20.3 Å². The molecule has 0 unspecified atom stereocenters. The van der Waals surface area contributed by atoms with E-state index in [2.05, 4.69) is 31.7 Å². The van der Waals surface area contributed by atoms with Crippen LogP contribution in [0.15, 0.2) is 18.2 Å². The number of hydrogen-bond acceptors (Lipinski definition) is 4. The molecule has 1 aromatic rings. The maximum Gasteiger partial charge on any atom is 0.165 e. The number of rotatable bonds is 10. The molecule has 1 aromatic carbocycles. The van der Waals surface area contributed by atoms with Crippen LogP contribution in [0, 0.1) is 5.92 Å². The molecule has 0 saturated carbocycles. The number of nitrogens with zero attached hydrogens (tertiary/aromatic N) is 1. The van der Waals surface area contributed by atoms with E-state index in [4.69, 9.17) is 9.47 Å². The average Bonchev–Trinajstić information content (AvgIpc) is 2.46. The highest BCUT2D eigenvalue weighted by molar-refractivity contribution is 5.46. The molecule has 0 spiro atoms. The Morgan fingerprint density at radius 3 is 2.41 bits per heavy atom. The predicted octanol–water partition coefficient (Wildman–Crippen LogP) is 3.32. The van der Waals surface area contributed by atoms with Crippen LogP contribution in [0.1, 0.15) is 39.2 Å². The van der Waals surface area contributed by atoms with Gasteiger partial charge in [-0.2, -0.15) is 0 Å². The van der Waals surface area contributed by atoms with Crippen LogP contribution in [0.5, 0.6) is 11.5 Å². The summed E-state index contributed by atoms with van der Waals surface area (Å²) < 4.78 is 10.9. The Labute approximate surface area is 135 Å². The minimum atomic E-state index is -0.277. The Morgan fingerprint density at radius 1 is 1.14 bits per heavy atom. The predicted molar refractivity (Wildman–Crippen MR) is 90.6 cm³/mol. The molecule has 1 N–H and O–H groups in total. The monoisotopic (exact) mass is 309 g/mol. The van der Waals surface area contributed by atoms with Gasteiger partial charge in [0.25, 0.3) is 0 Å². The molecular formula is C18H31NO3. The third kappa shape index (κ3) is 5.85. The van der Waals surface area contributed by atoms with Gasteiger partial charge in [0.2, 0.25) is 0 Å². The van der Waals surface area contributed by atoms with Crippen LogP contribution in [0.2, 0.25) is 0 Å². The highest BCUT2D eigenvalue weighted by Crippen LogP contribution is 2.31. The van der Waals surface area contributed by atoms with Gasteiger partial charge < -0.3 is 14.6 Å². The summed E-state index contributed by atoms with van der Waals surface area (Å²) in [6.45, 7) is 8.87. The molecule has 0 aliphatic carbocycles. The van der Waals surface area contributed by atoms with Gasteiger partial charge in [-0.15, -0.1) is 0 Å². The van der Waals surface area contributed by atoms with Crippen LogP contribution in [-0.4, -0.2) is 43.4 Å². The van der Waals surface area contributed by atoms with Crippen LogP contribution in [0.4, 0.5) is 0 Å². The third-order valence-electron chi connectivity index (χ3n) is 3.59. The van der Waals surface area contributed by atoms with Crippen molar-refractivity contribution in [3.05, 3.63) is 23.8 Å². The maximum absolute atomic E-state index is 10.1. The van der Waals surface area contributed by atoms with Crippen molar-refractivity contribution in [2.24, 2.45) is 5.92 Å². The molecular weight excluding hydrogens is 278 g/mol. The fourth-order valence-electron chi connectivity index (χ4n) is 2.76. The number of benzene rings is 1. The van der Waals surface area contributed by atoms with Gasteiger partial charge in [-0.1, -0.05) is 39.3 Å². The molecule has 0 radical (unpaired) electrons. The van der Waals surface area contributed by atoms with Crippen molar-refractivity contribution in [3.63, 3.8) is 0 Å². The van der Waals surface area contributed by atoms with Gasteiger partial charge in [0.15, 0.2) is 11.5 Å². The molecule has 1 rings (SSSR count). The number of methoxy groups -OCH3 is 2. The number of ether oxygens (including phenoxy) is 2. The van der Waals surface area contributed by atoms with E-state index in [1.165, 1.54) is 0 Å². The van der Waals surface area contributed by atoms with E-state index >= 15 is 0 Å². The van der Waals surface area contributed by atoms with Gasteiger partial charge in [0, 0.05) is 25.2 Å². The Balaban J connectivity index is 2.88. The van der Waals surface area contributed by atoms with E-state index in [0.29, 0.717) is 12.5 Å². The van der Waals surface area contributed by atoms with Crippen molar-refractivity contribution < 1.29 is 14.6 Å². The summed E-state index contributed by atoms with van der Waals surface area (Å²) in [5.41, 5.74) is 1.09. The van der Waals surface area contributed by atoms with E-state index in [1.807, 2.05) is 12.1 Å². The highest BCUT2D eigenvalue weighted by atomic mass is 16.5. The Bertz CT molecular complexity index is 434. The lowest BCUT2D eigenvalue weighted by Crippen LogP contribution is -2.34. The Morgan fingerprint density at radius 2 is 1.86 bits per heavy atom. The summed E-state index contributed by atoms with van der Waals surface area (Å²) in [5.74, 6) is 2.08. The topological polar surface area (TPSA) is 41.9 Å². The SMILES string of the molecule is CCC[C@H](O)CN(Cc1cccc(OC)c1OC)CC(C)C. The zero-order valence-corrected chi connectivity index (χ0v) is 14.6. The van der Waals surface area contributed by atoms with Crippen LogP contribution in [-0.2, 0) is 6.54 Å². The number of para-hydroxylation sites is 1. The molecule has 1 atom stereocenters. The molecule has 4 nitrogen and oxygen atoms in total.